The van der Waals surface area contributed by atoms with E-state index in [0.29, 0.717) is 17.5 Å². The second-order valence-electron chi connectivity index (χ2n) is 10.8. The summed E-state index contributed by atoms with van der Waals surface area (Å²) in [6, 6.07) is 47.9. The lowest BCUT2D eigenvalue weighted by Crippen LogP contribution is -2.00. The molecule has 3 aromatic heterocycles. The lowest BCUT2D eigenvalue weighted by atomic mass is 9.99. The van der Waals surface area contributed by atoms with Crippen LogP contribution in [0.5, 0.6) is 0 Å². The van der Waals surface area contributed by atoms with Gasteiger partial charge in [-0.25, -0.2) is 15.0 Å². The van der Waals surface area contributed by atoms with Crippen LogP contribution >= 0.6 is 11.3 Å². The number of furan rings is 1. The highest BCUT2D eigenvalue weighted by Crippen LogP contribution is 2.42. The Morgan fingerprint density at radius 2 is 1.05 bits per heavy atom. The molecule has 0 aliphatic rings. The minimum Gasteiger partial charge on any atom is -0.455 e. The third kappa shape index (κ3) is 4.02. The normalized spacial score (nSPS) is 11.6. The molecule has 0 atom stereocenters. The molecular formula is C39H23N3OS. The summed E-state index contributed by atoms with van der Waals surface area (Å²) in [5, 5.41) is 4.58. The van der Waals surface area contributed by atoms with Gasteiger partial charge < -0.3 is 4.42 Å². The van der Waals surface area contributed by atoms with Crippen molar-refractivity contribution in [2.45, 2.75) is 0 Å². The number of aromatic nitrogens is 3. The van der Waals surface area contributed by atoms with Crippen LogP contribution in [0.15, 0.2) is 144 Å². The van der Waals surface area contributed by atoms with Gasteiger partial charge in [0.2, 0.25) is 0 Å². The molecule has 44 heavy (non-hydrogen) atoms. The molecule has 0 aliphatic carbocycles. The lowest BCUT2D eigenvalue weighted by Gasteiger charge is -2.09. The first kappa shape index (κ1) is 24.9. The molecule has 0 spiro atoms. The van der Waals surface area contributed by atoms with Gasteiger partial charge in [0, 0.05) is 53.2 Å². The highest BCUT2D eigenvalue weighted by atomic mass is 32.1. The number of rotatable bonds is 4. The topological polar surface area (TPSA) is 51.8 Å². The van der Waals surface area contributed by atoms with Crippen molar-refractivity contribution in [3.63, 3.8) is 0 Å². The van der Waals surface area contributed by atoms with Gasteiger partial charge in [0.15, 0.2) is 17.5 Å². The van der Waals surface area contributed by atoms with Crippen LogP contribution < -0.4 is 0 Å². The maximum Gasteiger partial charge on any atom is 0.164 e. The number of thiophene rings is 1. The molecule has 3 heterocycles. The molecule has 0 saturated carbocycles. The van der Waals surface area contributed by atoms with Crippen molar-refractivity contribution in [3.8, 4) is 45.3 Å². The zero-order chi connectivity index (χ0) is 29.0. The van der Waals surface area contributed by atoms with E-state index >= 15 is 0 Å². The Balaban J connectivity index is 1.27. The summed E-state index contributed by atoms with van der Waals surface area (Å²) in [6.07, 6.45) is 0. The lowest BCUT2D eigenvalue weighted by molar-refractivity contribution is 0.670. The maximum atomic E-state index is 6.64. The quantitative estimate of drug-likeness (QED) is 0.207. The number of hydrogen-bond donors (Lipinski definition) is 0. The van der Waals surface area contributed by atoms with Crippen LogP contribution in [0.25, 0.3) is 87.4 Å². The van der Waals surface area contributed by atoms with Gasteiger partial charge in [-0.2, -0.15) is 0 Å². The Morgan fingerprint density at radius 1 is 0.432 bits per heavy atom. The molecule has 0 saturated heterocycles. The van der Waals surface area contributed by atoms with E-state index in [2.05, 4.69) is 66.7 Å². The van der Waals surface area contributed by atoms with Crippen molar-refractivity contribution in [2.75, 3.05) is 0 Å². The highest BCUT2D eigenvalue weighted by Gasteiger charge is 2.19. The summed E-state index contributed by atoms with van der Waals surface area (Å²) in [4.78, 5) is 14.9. The highest BCUT2D eigenvalue weighted by molar-refractivity contribution is 7.25. The number of nitrogens with zero attached hydrogens (tertiary/aromatic N) is 3. The number of hydrogen-bond acceptors (Lipinski definition) is 5. The Bertz CT molecular complexity index is 2440. The molecule has 0 N–H and O–H groups in total. The predicted octanol–water partition coefficient (Wildman–Crippen LogP) is 10.8. The van der Waals surface area contributed by atoms with E-state index < -0.39 is 0 Å². The molecule has 9 rings (SSSR count). The number of para-hydroxylation sites is 1. The zero-order valence-corrected chi connectivity index (χ0v) is 24.3. The molecule has 9 aromatic rings. The van der Waals surface area contributed by atoms with Crippen molar-refractivity contribution < 1.29 is 4.42 Å². The second kappa shape index (κ2) is 9.97. The summed E-state index contributed by atoms with van der Waals surface area (Å²) in [6.45, 7) is 0. The van der Waals surface area contributed by atoms with Crippen LogP contribution in [0.1, 0.15) is 0 Å². The van der Waals surface area contributed by atoms with E-state index in [0.717, 1.165) is 49.8 Å². The minimum absolute atomic E-state index is 0.613. The second-order valence-corrected chi connectivity index (χ2v) is 11.9. The van der Waals surface area contributed by atoms with Crippen molar-refractivity contribution in [1.29, 1.82) is 0 Å². The summed E-state index contributed by atoms with van der Waals surface area (Å²) in [7, 11) is 0. The van der Waals surface area contributed by atoms with Crippen LogP contribution in [0.3, 0.4) is 0 Å². The fourth-order valence-corrected chi connectivity index (χ4v) is 7.17. The Hall–Kier alpha value is -5.65. The summed E-state index contributed by atoms with van der Waals surface area (Å²) in [5.41, 5.74) is 6.64. The first-order chi connectivity index (χ1) is 21.8. The Morgan fingerprint density at radius 3 is 1.82 bits per heavy atom. The number of benzene rings is 6. The van der Waals surface area contributed by atoms with Crippen LogP contribution in [0, 0.1) is 0 Å². The maximum absolute atomic E-state index is 6.64. The monoisotopic (exact) mass is 581 g/mol. The van der Waals surface area contributed by atoms with E-state index in [4.69, 9.17) is 19.4 Å². The van der Waals surface area contributed by atoms with Crippen LogP contribution in [0.2, 0.25) is 0 Å². The minimum atomic E-state index is 0.613. The Labute approximate surface area is 256 Å². The molecule has 0 unspecified atom stereocenters. The third-order valence-electron chi connectivity index (χ3n) is 8.15. The third-order valence-corrected chi connectivity index (χ3v) is 9.30. The SMILES string of the molecule is c1ccc(-c2nc(-c3ccccc3)nc(-c3cccc4oc5c(-c6ccc7sc8ccccc8c7c6)cccc5c34)n2)cc1. The van der Waals surface area contributed by atoms with Crippen molar-refractivity contribution in [2.24, 2.45) is 0 Å². The van der Waals surface area contributed by atoms with E-state index in [1.807, 2.05) is 84.1 Å². The van der Waals surface area contributed by atoms with Gasteiger partial charge in [-0.1, -0.05) is 115 Å². The van der Waals surface area contributed by atoms with Crippen LogP contribution in [-0.2, 0) is 0 Å². The largest absolute Gasteiger partial charge is 0.455 e. The molecular weight excluding hydrogens is 559 g/mol. The van der Waals surface area contributed by atoms with Gasteiger partial charge in [0.1, 0.15) is 11.2 Å². The molecule has 4 nitrogen and oxygen atoms in total. The molecule has 0 amide bonds. The summed E-state index contributed by atoms with van der Waals surface area (Å²) < 4.78 is 9.23. The van der Waals surface area contributed by atoms with E-state index in [9.17, 15) is 0 Å². The van der Waals surface area contributed by atoms with Crippen molar-refractivity contribution >= 4 is 53.4 Å². The number of fused-ring (bicyclic) bond motifs is 6. The van der Waals surface area contributed by atoms with Gasteiger partial charge in [0.25, 0.3) is 0 Å². The molecule has 0 aliphatic heterocycles. The van der Waals surface area contributed by atoms with Gasteiger partial charge in [0.05, 0.1) is 0 Å². The van der Waals surface area contributed by atoms with Crippen molar-refractivity contribution in [1.82, 2.24) is 15.0 Å². The summed E-state index contributed by atoms with van der Waals surface area (Å²) >= 11 is 1.83. The van der Waals surface area contributed by atoms with Crippen LogP contribution in [-0.4, -0.2) is 15.0 Å². The molecule has 5 heteroatoms. The van der Waals surface area contributed by atoms with Crippen molar-refractivity contribution in [3.05, 3.63) is 140 Å². The van der Waals surface area contributed by atoms with E-state index in [1.165, 1.54) is 20.2 Å². The molecule has 206 valence electrons. The molecule has 6 aromatic carbocycles. The zero-order valence-electron chi connectivity index (χ0n) is 23.4. The van der Waals surface area contributed by atoms with Gasteiger partial charge in [-0.05, 0) is 29.8 Å². The molecule has 0 fully saturated rings. The van der Waals surface area contributed by atoms with Gasteiger partial charge in [-0.3, -0.25) is 0 Å². The molecule has 0 bridgehead atoms. The first-order valence-corrected chi connectivity index (χ1v) is 15.3. The smallest absolute Gasteiger partial charge is 0.164 e. The van der Waals surface area contributed by atoms with Crippen LogP contribution in [0.4, 0.5) is 0 Å². The van der Waals surface area contributed by atoms with Gasteiger partial charge >= 0.3 is 0 Å². The fraction of sp³-hybridized carbons (Fsp3) is 0. The average Bonchev–Trinajstić information content (AvgIpc) is 3.67. The standard InChI is InChI=1S/C39H23N3OS/c1-3-11-24(12-4-1)37-40-38(25-13-5-2-6-14-25)42-39(41-37)30-18-10-19-32-35(30)29-17-9-16-27(36(29)43-32)26-21-22-34-31(23-26)28-15-7-8-20-33(28)44-34/h1-23H. The average molecular weight is 582 g/mol. The predicted molar refractivity (Wildman–Crippen MR) is 182 cm³/mol. The fourth-order valence-electron chi connectivity index (χ4n) is 6.08. The molecule has 0 radical (unpaired) electrons. The van der Waals surface area contributed by atoms with Gasteiger partial charge in [-0.15, -0.1) is 11.3 Å². The summed E-state index contributed by atoms with van der Waals surface area (Å²) in [5.74, 6) is 1.88. The first-order valence-electron chi connectivity index (χ1n) is 14.5. The van der Waals surface area contributed by atoms with E-state index in [-0.39, 0.29) is 0 Å². The van der Waals surface area contributed by atoms with E-state index in [1.54, 1.807) is 0 Å². The Kier molecular flexibility index (Phi) is 5.64.